The van der Waals surface area contributed by atoms with Gasteiger partial charge in [-0.05, 0) is 51.0 Å². The van der Waals surface area contributed by atoms with E-state index in [1.54, 1.807) is 19.9 Å². The van der Waals surface area contributed by atoms with Crippen LogP contribution in [-0.2, 0) is 16.0 Å². The first-order valence-electron chi connectivity index (χ1n) is 11.8. The molecule has 0 aliphatic heterocycles. The minimum atomic E-state index is -0.512. The Labute approximate surface area is 219 Å². The number of carbonyl (C=O) groups excluding carboxylic acids is 1. The fourth-order valence-electron chi connectivity index (χ4n) is 2.95. The number of thiophene rings is 1. The van der Waals surface area contributed by atoms with Crippen molar-refractivity contribution < 1.29 is 18.3 Å². The van der Waals surface area contributed by atoms with Gasteiger partial charge in [-0.1, -0.05) is 50.8 Å². The molecule has 36 heavy (non-hydrogen) atoms. The SMILES string of the molecule is C/C=C(/F)Cc1c(C)sc2nc(SCC(=O)OCC)n(-c3cccc(F)c3)c(=O)c12.C=CCC.CC. The van der Waals surface area contributed by atoms with Gasteiger partial charge in [0.1, 0.15) is 16.5 Å². The quantitative estimate of drug-likeness (QED) is 0.129. The molecule has 0 spiro atoms. The van der Waals surface area contributed by atoms with Gasteiger partial charge in [0, 0.05) is 11.3 Å². The molecule has 3 aromatic rings. The van der Waals surface area contributed by atoms with Crippen molar-refractivity contribution in [3.8, 4) is 5.69 Å². The highest BCUT2D eigenvalue weighted by Gasteiger charge is 2.21. The van der Waals surface area contributed by atoms with Crippen LogP contribution in [0.5, 0.6) is 0 Å². The Morgan fingerprint density at radius 3 is 2.53 bits per heavy atom. The number of halogens is 2. The van der Waals surface area contributed by atoms with Gasteiger partial charge in [-0.25, -0.2) is 13.8 Å². The highest BCUT2D eigenvalue weighted by molar-refractivity contribution is 7.99. The summed E-state index contributed by atoms with van der Waals surface area (Å²) in [6, 6.07) is 5.56. The number of allylic oxidation sites excluding steroid dienone is 3. The number of esters is 1. The van der Waals surface area contributed by atoms with E-state index in [4.69, 9.17) is 4.74 Å². The fraction of sp³-hybridized carbons (Fsp3) is 0.370. The fourth-order valence-corrected chi connectivity index (χ4v) is 4.84. The first-order chi connectivity index (χ1) is 17.3. The van der Waals surface area contributed by atoms with Crippen LogP contribution in [0.1, 0.15) is 51.5 Å². The van der Waals surface area contributed by atoms with E-state index in [2.05, 4.69) is 18.5 Å². The molecule has 1 aromatic carbocycles. The largest absolute Gasteiger partial charge is 0.465 e. The Balaban J connectivity index is 0.000000982. The molecule has 0 unspecified atom stereocenters. The highest BCUT2D eigenvalue weighted by Crippen LogP contribution is 2.32. The standard InChI is InChI=1S/C21H20F2N2O3S2.C4H8.C2H6/c1-4-13(22)10-16-12(3)30-19-18(16)20(27)25(15-8-6-7-14(23)9-15)21(24-19)29-11-17(26)28-5-2;1-3-4-2;1-2/h4,6-9H,5,10-11H2,1-3H3;3H,1,4H2,2H3;1-2H3/b13-4+;;. The summed E-state index contributed by atoms with van der Waals surface area (Å²) in [4.78, 5) is 31.1. The molecule has 0 amide bonds. The molecule has 0 bridgehead atoms. The van der Waals surface area contributed by atoms with Crippen molar-refractivity contribution in [3.63, 3.8) is 0 Å². The van der Waals surface area contributed by atoms with Gasteiger partial charge in [0.15, 0.2) is 5.16 Å². The summed E-state index contributed by atoms with van der Waals surface area (Å²) in [6.45, 7) is 14.9. The minimum absolute atomic E-state index is 0.0162. The van der Waals surface area contributed by atoms with Crippen LogP contribution in [0.15, 0.2) is 58.8 Å². The number of hydrogen-bond acceptors (Lipinski definition) is 6. The lowest BCUT2D eigenvalue weighted by Crippen LogP contribution is -2.22. The summed E-state index contributed by atoms with van der Waals surface area (Å²) in [7, 11) is 0. The van der Waals surface area contributed by atoms with Crippen LogP contribution in [0.2, 0.25) is 0 Å². The van der Waals surface area contributed by atoms with Gasteiger partial charge in [0.05, 0.1) is 23.4 Å². The Kier molecular flexibility index (Phi) is 13.9. The molecule has 3 rings (SSSR count). The van der Waals surface area contributed by atoms with E-state index >= 15 is 0 Å². The molecule has 0 atom stereocenters. The molecule has 0 aliphatic rings. The number of hydrogen-bond donors (Lipinski definition) is 0. The molecule has 9 heteroatoms. The number of fused-ring (bicyclic) bond motifs is 1. The molecule has 2 aromatic heterocycles. The molecule has 2 heterocycles. The maximum Gasteiger partial charge on any atom is 0.316 e. The lowest BCUT2D eigenvalue weighted by molar-refractivity contribution is -0.139. The summed E-state index contributed by atoms with van der Waals surface area (Å²) >= 11 is 2.32. The van der Waals surface area contributed by atoms with E-state index < -0.39 is 17.3 Å². The zero-order valence-corrected chi connectivity index (χ0v) is 23.3. The van der Waals surface area contributed by atoms with E-state index in [0.29, 0.717) is 15.8 Å². The van der Waals surface area contributed by atoms with Gasteiger partial charge in [-0.2, -0.15) is 0 Å². The van der Waals surface area contributed by atoms with Crippen LogP contribution in [-0.4, -0.2) is 27.9 Å². The van der Waals surface area contributed by atoms with E-state index in [1.807, 2.05) is 26.8 Å². The maximum atomic E-state index is 14.0. The molecule has 0 aliphatic carbocycles. The van der Waals surface area contributed by atoms with Crippen LogP contribution in [0, 0.1) is 12.7 Å². The van der Waals surface area contributed by atoms with Crippen molar-refractivity contribution in [3.05, 3.63) is 75.4 Å². The van der Waals surface area contributed by atoms with Crippen molar-refractivity contribution >= 4 is 39.3 Å². The summed E-state index contributed by atoms with van der Waals surface area (Å²) in [5.74, 6) is -1.36. The summed E-state index contributed by atoms with van der Waals surface area (Å²) in [6.07, 6.45) is 4.29. The van der Waals surface area contributed by atoms with Crippen molar-refractivity contribution in [2.45, 2.75) is 59.5 Å². The Morgan fingerprint density at radius 2 is 1.97 bits per heavy atom. The van der Waals surface area contributed by atoms with E-state index in [-0.39, 0.29) is 35.5 Å². The Morgan fingerprint density at radius 1 is 1.31 bits per heavy atom. The highest BCUT2D eigenvalue weighted by atomic mass is 32.2. The van der Waals surface area contributed by atoms with E-state index in [0.717, 1.165) is 23.1 Å². The summed E-state index contributed by atoms with van der Waals surface area (Å²) < 4.78 is 34.1. The van der Waals surface area contributed by atoms with Crippen LogP contribution in [0.4, 0.5) is 8.78 Å². The topological polar surface area (TPSA) is 61.2 Å². The average Bonchev–Trinajstić information content (AvgIpc) is 3.18. The monoisotopic (exact) mass is 536 g/mol. The number of thioether (sulfide) groups is 1. The number of aryl methyl sites for hydroxylation is 1. The van der Waals surface area contributed by atoms with Crippen molar-refractivity contribution in [2.75, 3.05) is 12.4 Å². The number of benzene rings is 1. The molecule has 5 nitrogen and oxygen atoms in total. The molecule has 0 N–H and O–H groups in total. The number of nitrogens with zero attached hydrogens (tertiary/aromatic N) is 2. The van der Waals surface area contributed by atoms with Crippen LogP contribution < -0.4 is 5.56 Å². The van der Waals surface area contributed by atoms with E-state index in [1.165, 1.54) is 40.2 Å². The van der Waals surface area contributed by atoms with Crippen molar-refractivity contribution in [1.82, 2.24) is 9.55 Å². The van der Waals surface area contributed by atoms with E-state index in [9.17, 15) is 18.4 Å². The van der Waals surface area contributed by atoms with Gasteiger partial charge in [-0.3, -0.25) is 14.2 Å². The zero-order valence-electron chi connectivity index (χ0n) is 21.7. The lowest BCUT2D eigenvalue weighted by Gasteiger charge is -2.12. The van der Waals surface area contributed by atoms with Gasteiger partial charge in [-0.15, -0.1) is 17.9 Å². The first-order valence-corrected chi connectivity index (χ1v) is 13.6. The predicted molar refractivity (Wildman–Crippen MR) is 148 cm³/mol. The zero-order chi connectivity index (χ0) is 27.3. The van der Waals surface area contributed by atoms with Crippen LogP contribution >= 0.6 is 23.1 Å². The van der Waals surface area contributed by atoms with Crippen molar-refractivity contribution in [2.24, 2.45) is 0 Å². The number of ether oxygens (including phenoxy) is 1. The molecule has 196 valence electrons. The van der Waals surface area contributed by atoms with Crippen LogP contribution in [0.25, 0.3) is 15.9 Å². The predicted octanol–water partition coefficient (Wildman–Crippen LogP) is 7.57. The maximum absolute atomic E-state index is 14.0. The van der Waals surface area contributed by atoms with Gasteiger partial charge in [0.2, 0.25) is 0 Å². The number of carbonyl (C=O) groups is 1. The smallest absolute Gasteiger partial charge is 0.316 e. The van der Waals surface area contributed by atoms with Gasteiger partial charge in [0.25, 0.3) is 5.56 Å². The molecular weight excluding hydrogens is 502 g/mol. The van der Waals surface area contributed by atoms with Gasteiger partial charge >= 0.3 is 5.97 Å². The Bertz CT molecular complexity index is 1250. The summed E-state index contributed by atoms with van der Waals surface area (Å²) in [5, 5.41) is 0.546. The molecule has 0 saturated carbocycles. The normalized spacial score (nSPS) is 10.7. The van der Waals surface area contributed by atoms with Gasteiger partial charge < -0.3 is 4.74 Å². The first kappa shape index (κ1) is 31.3. The lowest BCUT2D eigenvalue weighted by atomic mass is 10.1. The average molecular weight is 537 g/mol. The third kappa shape index (κ3) is 8.41. The molecule has 0 radical (unpaired) electrons. The third-order valence-corrected chi connectivity index (χ3v) is 6.59. The van der Waals surface area contributed by atoms with Crippen molar-refractivity contribution in [1.29, 1.82) is 0 Å². The number of rotatable bonds is 8. The molecular formula is C27H34F2N2O3S2. The number of aromatic nitrogens is 2. The second kappa shape index (κ2) is 16.1. The second-order valence-electron chi connectivity index (χ2n) is 7.03. The summed E-state index contributed by atoms with van der Waals surface area (Å²) in [5.41, 5.74) is 0.414. The third-order valence-electron chi connectivity index (χ3n) is 4.63. The Hall–Kier alpha value is -2.78. The minimum Gasteiger partial charge on any atom is -0.465 e. The molecule has 0 fully saturated rings. The van der Waals surface area contributed by atoms with Crippen LogP contribution in [0.3, 0.4) is 0 Å². The molecule has 0 saturated heterocycles. The second-order valence-corrected chi connectivity index (χ2v) is 9.18.